The highest BCUT2D eigenvalue weighted by molar-refractivity contribution is 5.75. The van der Waals surface area contributed by atoms with Crippen molar-refractivity contribution in [2.75, 3.05) is 19.7 Å². The number of carbonyl (C=O) groups excluding carboxylic acids is 1. The average Bonchev–Trinajstić information content (AvgIpc) is 2.54. The number of aliphatic hydroxyl groups excluding tert-OH is 1. The van der Waals surface area contributed by atoms with Gasteiger partial charge >= 0.3 is 5.97 Å². The Hall–Kier alpha value is -0.610. The number of nitrogens with zero attached hydrogens (tertiary/aromatic N) is 1. The lowest BCUT2D eigenvalue weighted by atomic mass is 10.2. The number of hydrogen-bond donors (Lipinski definition) is 1. The lowest BCUT2D eigenvalue weighted by molar-refractivity contribution is -0.149. The molecule has 14 heavy (non-hydrogen) atoms. The predicted molar refractivity (Wildman–Crippen MR) is 52.9 cm³/mol. The summed E-state index contributed by atoms with van der Waals surface area (Å²) in [7, 11) is 0. The molecule has 1 unspecified atom stereocenters. The Kier molecular flexibility index (Phi) is 4.35. The van der Waals surface area contributed by atoms with Crippen molar-refractivity contribution in [3.63, 3.8) is 0 Å². The zero-order valence-corrected chi connectivity index (χ0v) is 8.90. The van der Waals surface area contributed by atoms with E-state index in [9.17, 15) is 9.90 Å². The number of ether oxygens (including phenoxy) is 1. The van der Waals surface area contributed by atoms with E-state index in [0.717, 1.165) is 19.4 Å². The highest BCUT2D eigenvalue weighted by atomic mass is 16.5. The average molecular weight is 201 g/mol. The summed E-state index contributed by atoms with van der Waals surface area (Å²) in [5.41, 5.74) is 0. The summed E-state index contributed by atoms with van der Waals surface area (Å²) < 4.78 is 4.98. The van der Waals surface area contributed by atoms with E-state index in [2.05, 4.69) is 0 Å². The van der Waals surface area contributed by atoms with Gasteiger partial charge in [0.15, 0.2) is 0 Å². The lowest BCUT2D eigenvalue weighted by Gasteiger charge is -2.24. The van der Waals surface area contributed by atoms with Gasteiger partial charge in [0.25, 0.3) is 0 Å². The molecule has 0 aromatic heterocycles. The maximum Gasteiger partial charge on any atom is 0.323 e. The van der Waals surface area contributed by atoms with Crippen LogP contribution in [0.2, 0.25) is 0 Å². The lowest BCUT2D eigenvalue weighted by Crippen LogP contribution is -2.40. The summed E-state index contributed by atoms with van der Waals surface area (Å²) in [4.78, 5) is 13.5. The summed E-state index contributed by atoms with van der Waals surface area (Å²) in [5.74, 6) is -0.163. The van der Waals surface area contributed by atoms with E-state index in [0.29, 0.717) is 13.2 Å². The Bertz CT molecular complexity index is 196. The molecule has 1 heterocycles. The van der Waals surface area contributed by atoms with Gasteiger partial charge < -0.3 is 9.84 Å². The molecule has 4 heteroatoms. The first-order chi connectivity index (χ1) is 6.69. The quantitative estimate of drug-likeness (QED) is 0.669. The van der Waals surface area contributed by atoms with Gasteiger partial charge in [-0.25, -0.2) is 0 Å². The Morgan fingerprint density at radius 1 is 1.64 bits per heavy atom. The first-order valence-corrected chi connectivity index (χ1v) is 5.27. The van der Waals surface area contributed by atoms with E-state index >= 15 is 0 Å². The summed E-state index contributed by atoms with van der Waals surface area (Å²) in [6, 6.07) is -0.174. The fraction of sp³-hybridized carbons (Fsp3) is 0.900. The molecule has 0 radical (unpaired) electrons. The molecule has 0 spiro atoms. The van der Waals surface area contributed by atoms with Crippen molar-refractivity contribution < 1.29 is 14.6 Å². The molecule has 1 N–H and O–H groups in total. The van der Waals surface area contributed by atoms with Crippen molar-refractivity contribution >= 4 is 5.97 Å². The Morgan fingerprint density at radius 2 is 2.36 bits per heavy atom. The predicted octanol–water partition coefficient (Wildman–Crippen LogP) is 0.395. The Balaban J connectivity index is 2.49. The minimum Gasteiger partial charge on any atom is -0.465 e. The standard InChI is InChI=1S/C10H19NO3/c1-3-9(10(13)14-4-2)11-6-5-8(12)7-11/h8-9,12H,3-7H2,1-2H3/t8-,9?/m1/s1. The maximum atomic E-state index is 11.5. The van der Waals surface area contributed by atoms with Gasteiger partial charge in [0.05, 0.1) is 12.7 Å². The molecule has 0 aromatic rings. The fourth-order valence-corrected chi connectivity index (χ4v) is 1.86. The Morgan fingerprint density at radius 3 is 2.79 bits per heavy atom. The van der Waals surface area contributed by atoms with E-state index in [4.69, 9.17) is 4.74 Å². The summed E-state index contributed by atoms with van der Waals surface area (Å²) in [6.07, 6.45) is 1.22. The third kappa shape index (κ3) is 2.69. The van der Waals surface area contributed by atoms with E-state index < -0.39 is 0 Å². The van der Waals surface area contributed by atoms with Crippen LogP contribution >= 0.6 is 0 Å². The molecular formula is C10H19NO3. The van der Waals surface area contributed by atoms with E-state index in [-0.39, 0.29) is 18.1 Å². The topological polar surface area (TPSA) is 49.8 Å². The number of β-amino-alcohol motifs (C(OH)–C–C–N with tert-alkyl or cyclic N) is 1. The van der Waals surface area contributed by atoms with Crippen molar-refractivity contribution in [2.24, 2.45) is 0 Å². The normalized spacial score (nSPS) is 24.9. The Labute approximate surface area is 84.8 Å². The largest absolute Gasteiger partial charge is 0.465 e. The zero-order valence-electron chi connectivity index (χ0n) is 8.90. The molecule has 1 fully saturated rings. The van der Waals surface area contributed by atoms with E-state index in [1.165, 1.54) is 0 Å². The van der Waals surface area contributed by atoms with Crippen LogP contribution in [-0.4, -0.2) is 47.8 Å². The third-order valence-electron chi connectivity index (χ3n) is 2.58. The van der Waals surface area contributed by atoms with Crippen LogP contribution in [-0.2, 0) is 9.53 Å². The molecule has 0 bridgehead atoms. The smallest absolute Gasteiger partial charge is 0.323 e. The molecule has 82 valence electrons. The van der Waals surface area contributed by atoms with Crippen LogP contribution in [0.25, 0.3) is 0 Å². The summed E-state index contributed by atoms with van der Waals surface area (Å²) in [6.45, 7) is 5.58. The van der Waals surface area contributed by atoms with Gasteiger partial charge in [0, 0.05) is 13.1 Å². The highest BCUT2D eigenvalue weighted by Gasteiger charge is 2.31. The molecule has 1 rings (SSSR count). The van der Waals surface area contributed by atoms with Crippen molar-refractivity contribution in [3.05, 3.63) is 0 Å². The second-order valence-electron chi connectivity index (χ2n) is 3.61. The first-order valence-electron chi connectivity index (χ1n) is 5.27. The summed E-state index contributed by atoms with van der Waals surface area (Å²) >= 11 is 0. The van der Waals surface area contributed by atoms with Crippen LogP contribution in [0.1, 0.15) is 26.7 Å². The molecule has 4 nitrogen and oxygen atoms in total. The monoisotopic (exact) mass is 201 g/mol. The zero-order chi connectivity index (χ0) is 10.6. The number of carbonyl (C=O) groups is 1. The molecule has 0 saturated carbocycles. The fourth-order valence-electron chi connectivity index (χ4n) is 1.86. The molecule has 1 aliphatic heterocycles. The summed E-state index contributed by atoms with van der Waals surface area (Å²) in [5, 5.41) is 9.36. The maximum absolute atomic E-state index is 11.5. The van der Waals surface area contributed by atoms with Gasteiger partial charge in [0.2, 0.25) is 0 Å². The minimum atomic E-state index is -0.279. The molecular weight excluding hydrogens is 182 g/mol. The van der Waals surface area contributed by atoms with E-state index in [1.54, 1.807) is 0 Å². The van der Waals surface area contributed by atoms with Gasteiger partial charge in [-0.15, -0.1) is 0 Å². The molecule has 0 aliphatic carbocycles. The number of hydrogen-bond acceptors (Lipinski definition) is 4. The van der Waals surface area contributed by atoms with Gasteiger partial charge in [-0.05, 0) is 19.8 Å². The first kappa shape index (κ1) is 11.5. The second kappa shape index (κ2) is 5.32. The van der Waals surface area contributed by atoms with Gasteiger partial charge in [-0.3, -0.25) is 9.69 Å². The molecule has 1 saturated heterocycles. The SMILES string of the molecule is CCOC(=O)C(CC)N1CC[C@@H](O)C1. The second-order valence-corrected chi connectivity index (χ2v) is 3.61. The highest BCUT2D eigenvalue weighted by Crippen LogP contribution is 2.15. The van der Waals surface area contributed by atoms with Crippen LogP contribution in [0.5, 0.6) is 0 Å². The number of esters is 1. The van der Waals surface area contributed by atoms with Crippen LogP contribution < -0.4 is 0 Å². The van der Waals surface area contributed by atoms with Crippen molar-refractivity contribution in [2.45, 2.75) is 38.8 Å². The molecule has 2 atom stereocenters. The van der Waals surface area contributed by atoms with Crippen molar-refractivity contribution in [1.82, 2.24) is 4.90 Å². The van der Waals surface area contributed by atoms with Crippen LogP contribution in [0, 0.1) is 0 Å². The minimum absolute atomic E-state index is 0.163. The van der Waals surface area contributed by atoms with Gasteiger partial charge in [-0.1, -0.05) is 6.92 Å². The van der Waals surface area contributed by atoms with Crippen LogP contribution in [0.4, 0.5) is 0 Å². The van der Waals surface area contributed by atoms with E-state index in [1.807, 2.05) is 18.7 Å². The molecule has 1 aliphatic rings. The molecule has 0 amide bonds. The number of likely N-dealkylation sites (tertiary alicyclic amines) is 1. The third-order valence-corrected chi connectivity index (χ3v) is 2.58. The van der Waals surface area contributed by atoms with Crippen molar-refractivity contribution in [1.29, 1.82) is 0 Å². The molecule has 0 aromatic carbocycles. The van der Waals surface area contributed by atoms with Crippen LogP contribution in [0.15, 0.2) is 0 Å². The number of rotatable bonds is 4. The van der Waals surface area contributed by atoms with Gasteiger partial charge in [-0.2, -0.15) is 0 Å². The van der Waals surface area contributed by atoms with Gasteiger partial charge in [0.1, 0.15) is 6.04 Å². The van der Waals surface area contributed by atoms with Crippen LogP contribution in [0.3, 0.4) is 0 Å². The van der Waals surface area contributed by atoms with Crippen molar-refractivity contribution in [3.8, 4) is 0 Å². The number of aliphatic hydroxyl groups is 1.